The van der Waals surface area contributed by atoms with Gasteiger partial charge in [0.15, 0.2) is 6.61 Å². The number of aliphatic hydroxyl groups is 1. The van der Waals surface area contributed by atoms with Gasteiger partial charge >= 0.3 is 11.9 Å². The molecule has 0 radical (unpaired) electrons. The number of primary amides is 1. The van der Waals surface area contributed by atoms with Crippen LogP contribution in [0.3, 0.4) is 0 Å². The maximum Gasteiger partial charge on any atom is 0.341 e. The summed E-state index contributed by atoms with van der Waals surface area (Å²) in [6.07, 6.45) is -0.726. The number of carbonyl (C=O) groups excluding carboxylic acids is 16. The second kappa shape index (κ2) is 58.2. The highest BCUT2D eigenvalue weighted by atomic mass is 32.2. The molecule has 0 aromatic heterocycles. The van der Waals surface area contributed by atoms with E-state index in [9.17, 15) is 67.7 Å². The Bertz CT molecular complexity index is 5170. The summed E-state index contributed by atoms with van der Waals surface area (Å²) in [4.78, 5) is 262. The molecule has 7 rings (SSSR count). The molecule has 16 amide bonds. The fourth-order valence-electron chi connectivity index (χ4n) is 16.3. The molecule has 143 heavy (non-hydrogen) atoms. The van der Waals surface area contributed by atoms with E-state index in [1.165, 1.54) is 43.3 Å². The summed E-state index contributed by atoms with van der Waals surface area (Å²) in [6, 6.07) is 8.79. The SMILES string of the molecule is CCC(C)[C@@H]1NC(=O)[C@H](Cc2ccc(-c3ccccc3)cc2)NC(=O)[C@H](C(C)C)NC(=O)[C@H](Cc2cccc(C)c2)NC(=O)[C@H](CC(=O)O)NC(=O)[C@H](Cc2ccc(OCC(=O)O)cc2)NC(=O)[C@H](Cc2ccc(F)cc2)NC(=O)CSC[C@@H](C(=O)N[C@@H](C)C(N)=O)NC(=O)[C@H](C(C)O)NC(=O)[C@H](C(C)C)NC(=O)[C@H](CC2CCCCC2)NC(=O)[C@H](CCN)NC(=O)[C@@H](CC(C)C)NC(=O)[C@H](CCCN)NC1=O. The molecule has 780 valence electrons. The smallest absolute Gasteiger partial charge is 0.341 e. The van der Waals surface area contributed by atoms with Gasteiger partial charge in [-0.1, -0.05) is 203 Å². The number of aliphatic carboxylic acids is 2. The third-order valence-electron chi connectivity index (χ3n) is 24.6. The van der Waals surface area contributed by atoms with Gasteiger partial charge in [-0.25, -0.2) is 9.18 Å². The molecule has 2 aliphatic rings. The van der Waals surface area contributed by atoms with E-state index in [2.05, 4.69) is 79.8 Å². The zero-order valence-corrected chi connectivity index (χ0v) is 83.5. The second-order valence-electron chi connectivity index (χ2n) is 37.7. The lowest BCUT2D eigenvalue weighted by molar-refractivity contribution is -0.142. The number of halogens is 1. The lowest BCUT2D eigenvalue weighted by Crippen LogP contribution is -2.63. The van der Waals surface area contributed by atoms with Crippen LogP contribution in [0.4, 0.5) is 4.39 Å². The number of nitrogens with two attached hydrogens (primary N) is 3. The van der Waals surface area contributed by atoms with E-state index in [0.29, 0.717) is 41.3 Å². The summed E-state index contributed by atoms with van der Waals surface area (Å²) < 4.78 is 19.9. The molecular weight excluding hydrogens is 1870 g/mol. The molecule has 1 saturated heterocycles. The van der Waals surface area contributed by atoms with Crippen LogP contribution in [-0.4, -0.2) is 250 Å². The van der Waals surface area contributed by atoms with E-state index in [4.69, 9.17) is 21.9 Å². The Hall–Kier alpha value is -13.5. The molecule has 42 heteroatoms. The summed E-state index contributed by atoms with van der Waals surface area (Å²) in [5.74, 6) is -24.0. The van der Waals surface area contributed by atoms with Gasteiger partial charge in [0.25, 0.3) is 0 Å². The van der Waals surface area contributed by atoms with Crippen LogP contribution >= 0.6 is 11.8 Å². The van der Waals surface area contributed by atoms with Crippen molar-refractivity contribution in [2.24, 2.45) is 46.8 Å². The number of aliphatic hydroxyl groups excluding tert-OH is 1. The second-order valence-corrected chi connectivity index (χ2v) is 38.7. The molecule has 5 aromatic carbocycles. The number of carbonyl (C=O) groups is 18. The third-order valence-corrected chi connectivity index (χ3v) is 25.7. The highest BCUT2D eigenvalue weighted by molar-refractivity contribution is 8.00. The topological polar surface area (TPSA) is 636 Å². The zero-order valence-electron chi connectivity index (χ0n) is 82.7. The minimum Gasteiger partial charge on any atom is -0.482 e. The van der Waals surface area contributed by atoms with Crippen LogP contribution in [-0.2, 0) is 112 Å². The van der Waals surface area contributed by atoms with Crippen molar-refractivity contribution in [3.8, 4) is 16.9 Å². The van der Waals surface area contributed by atoms with E-state index < -0.39 is 264 Å². The molecular formula is C101H141FN18O22S. The van der Waals surface area contributed by atoms with E-state index in [1.54, 1.807) is 111 Å². The minimum absolute atomic E-state index is 0.0184. The molecule has 0 bridgehead atoms. The standard InChI is InChI=1S/C101H141FN18O22S/c1-12-58(9)85-100(140)109-70(27-20-41-103)88(128)110-72(43-54(2)3)90(130)108-71(40-42-104)89(129)111-75(45-61-22-15-13-16-23-61)94(134)118-84(56(6)7)99(139)120-86(60(11)121)101(141)116-79(97(137)106-59(10)87(105)127)52-143-53-80(122)107-73(46-63-30-36-68(102)37-31-63)91(131)112-74(48-64-32-38-69(39-33-64)142-51-82(125)126)92(132)114-78(50-81(123)124)93(133)113-77(49-65-24-19-21-57(8)44-65)95(135)117-83(55(4)5)98(138)115-76(96(136)119-85)47-62-28-34-67(35-29-62)66-25-17-14-18-26-66/h14,17-19,21,24-26,28-39,44,54-56,58-61,70-79,83-86,121H,12-13,15-16,20,22-23,27,40-43,45-53,103-104H2,1-11H3,(H2,105,127)(H,106,137)(H,107,122)(H,108,130)(H,109,140)(H,110,128)(H,111,129)(H,112,131)(H,113,133)(H,114,132)(H,115,138)(H,116,141)(H,117,135)(H,118,134)(H,119,136)(H,120,139)(H,123,124)(H,125,126)/t58?,59-,60?,70-,71-,72+,73-,74-,75-,76-,77-,78-,79-,83-,84-,85-,86-/m0/s1. The summed E-state index contributed by atoms with van der Waals surface area (Å²) in [6.45, 7) is 16.3. The van der Waals surface area contributed by atoms with Crippen molar-refractivity contribution in [3.63, 3.8) is 0 Å². The van der Waals surface area contributed by atoms with Gasteiger partial charge in [-0.3, -0.25) is 81.5 Å². The fourth-order valence-corrected chi connectivity index (χ4v) is 17.2. The molecule has 2 fully saturated rings. The highest BCUT2D eigenvalue weighted by Gasteiger charge is 2.42. The predicted octanol–water partition coefficient (Wildman–Crippen LogP) is 1.38. The van der Waals surface area contributed by atoms with Crippen molar-refractivity contribution < 1.29 is 111 Å². The van der Waals surface area contributed by atoms with Crippen LogP contribution in [0, 0.1) is 42.3 Å². The van der Waals surface area contributed by atoms with E-state index in [1.807, 2.05) is 30.3 Å². The number of hydrogen-bond acceptors (Lipinski definition) is 23. The average Bonchev–Trinajstić information content (AvgIpc) is 0.840. The monoisotopic (exact) mass is 2010 g/mol. The van der Waals surface area contributed by atoms with Gasteiger partial charge in [-0.2, -0.15) is 0 Å². The molecule has 1 saturated carbocycles. The number of amides is 16. The Labute approximate surface area is 836 Å². The van der Waals surface area contributed by atoms with Crippen LogP contribution in [0.25, 0.3) is 11.1 Å². The van der Waals surface area contributed by atoms with Gasteiger partial charge in [0, 0.05) is 31.4 Å². The normalized spacial score (nSPS) is 23.8. The molecule has 0 spiro atoms. The van der Waals surface area contributed by atoms with Crippen LogP contribution < -0.4 is 102 Å². The third kappa shape index (κ3) is 38.7. The first kappa shape index (κ1) is 116. The van der Waals surface area contributed by atoms with E-state index in [0.717, 1.165) is 49.4 Å². The van der Waals surface area contributed by atoms with Crippen LogP contribution in [0.15, 0.2) is 127 Å². The molecule has 40 nitrogen and oxygen atoms in total. The lowest BCUT2D eigenvalue weighted by Gasteiger charge is -2.31. The number of benzene rings is 5. The Morgan fingerprint density at radius 3 is 1.41 bits per heavy atom. The molecule has 1 heterocycles. The van der Waals surface area contributed by atoms with Crippen molar-refractivity contribution in [2.45, 2.75) is 276 Å². The Morgan fingerprint density at radius 1 is 0.455 bits per heavy atom. The van der Waals surface area contributed by atoms with Gasteiger partial charge in [-0.05, 0) is 153 Å². The van der Waals surface area contributed by atoms with Gasteiger partial charge in [0.05, 0.1) is 18.3 Å². The van der Waals surface area contributed by atoms with Crippen LogP contribution in [0.2, 0.25) is 0 Å². The summed E-state index contributed by atoms with van der Waals surface area (Å²) >= 11 is 0.663. The molecule has 1 aliphatic carbocycles. The highest BCUT2D eigenvalue weighted by Crippen LogP contribution is 2.29. The number of thioether (sulfide) groups is 1. The number of nitrogens with one attached hydrogen (secondary N) is 15. The van der Waals surface area contributed by atoms with Crippen molar-refractivity contribution >= 4 is 118 Å². The Balaban J connectivity index is 1.36. The minimum atomic E-state index is -2.12. The van der Waals surface area contributed by atoms with Crippen molar-refractivity contribution in [3.05, 3.63) is 161 Å². The maximum absolute atomic E-state index is 15.5. The Morgan fingerprint density at radius 2 is 0.888 bits per heavy atom. The van der Waals surface area contributed by atoms with Gasteiger partial charge in [0.2, 0.25) is 94.5 Å². The number of carboxylic acid groups (broad SMARTS) is 2. The largest absolute Gasteiger partial charge is 0.482 e. The summed E-state index contributed by atoms with van der Waals surface area (Å²) in [5.41, 5.74) is 21.5. The van der Waals surface area contributed by atoms with Crippen molar-refractivity contribution in [1.82, 2.24) is 79.8 Å². The zero-order chi connectivity index (χ0) is 105. The first-order chi connectivity index (χ1) is 67.8. The molecule has 24 N–H and O–H groups in total. The van der Waals surface area contributed by atoms with E-state index >= 15 is 38.4 Å². The molecule has 2 unspecified atom stereocenters. The number of rotatable bonds is 31. The average molecular weight is 2010 g/mol. The number of carboxylic acids is 2. The van der Waals surface area contributed by atoms with Gasteiger partial charge in [0.1, 0.15) is 102 Å². The van der Waals surface area contributed by atoms with Crippen molar-refractivity contribution in [2.75, 3.05) is 31.2 Å². The molecule has 5 aromatic rings. The maximum atomic E-state index is 15.5. The van der Waals surface area contributed by atoms with Gasteiger partial charge < -0.3 is 117 Å². The van der Waals surface area contributed by atoms with Crippen LogP contribution in [0.5, 0.6) is 5.75 Å². The summed E-state index contributed by atoms with van der Waals surface area (Å²) in [7, 11) is 0. The number of hydrogen-bond donors (Lipinski definition) is 21. The van der Waals surface area contributed by atoms with Crippen LogP contribution in [0.1, 0.15) is 174 Å². The van der Waals surface area contributed by atoms with E-state index in [-0.39, 0.29) is 93.2 Å². The first-order valence-corrected chi connectivity index (χ1v) is 49.6. The van der Waals surface area contributed by atoms with Gasteiger partial charge in [-0.15, -0.1) is 11.8 Å². The summed E-state index contributed by atoms with van der Waals surface area (Å²) in [5, 5.41) is 70.8. The first-order valence-electron chi connectivity index (χ1n) is 48.4. The lowest BCUT2D eigenvalue weighted by atomic mass is 9.84. The van der Waals surface area contributed by atoms with Crippen molar-refractivity contribution in [1.29, 1.82) is 0 Å². The predicted molar refractivity (Wildman–Crippen MR) is 531 cm³/mol. The number of aryl methyl sites for hydroxylation is 1. The molecule has 17 atom stereocenters. The number of ether oxygens (including phenoxy) is 1. The quantitative estimate of drug-likeness (QED) is 0.0298. The Kier molecular flexibility index (Phi) is 47.4. The molecule has 1 aliphatic heterocycles. The fraction of sp³-hybridized carbons (Fsp3) is 0.525.